The number of nitrogens with two attached hydrogens (primary N) is 2. The molecule has 27 heavy (non-hydrogen) atoms. The second kappa shape index (κ2) is 7.59. The molecule has 0 saturated heterocycles. The van der Waals surface area contributed by atoms with E-state index in [-0.39, 0.29) is 30.8 Å². The van der Waals surface area contributed by atoms with Crippen LogP contribution in [0.4, 0.5) is 0 Å². The number of fused-ring (bicyclic) bond motifs is 1. The summed E-state index contributed by atoms with van der Waals surface area (Å²) in [4.78, 5) is 20.3. The summed E-state index contributed by atoms with van der Waals surface area (Å²) in [7, 11) is 0. The van der Waals surface area contributed by atoms with Crippen molar-refractivity contribution in [2.24, 2.45) is 11.5 Å². The highest BCUT2D eigenvalue weighted by atomic mass is 35.5. The molecular weight excluding hydrogens is 368 g/mol. The normalized spacial score (nSPS) is 21.9. The van der Waals surface area contributed by atoms with Crippen molar-refractivity contribution in [1.82, 2.24) is 19.7 Å². The number of carbonyl (C=O) groups is 1. The molecule has 1 aliphatic carbocycles. The van der Waals surface area contributed by atoms with Crippen LogP contribution in [0.2, 0.25) is 0 Å². The second-order valence-electron chi connectivity index (χ2n) is 6.69. The summed E-state index contributed by atoms with van der Waals surface area (Å²) in [5, 5.41) is 15.5. The number of rotatable bonds is 4. The zero-order chi connectivity index (χ0) is 18.3. The molecule has 0 bridgehead atoms. The lowest BCUT2D eigenvalue weighted by atomic mass is 10.1. The molecule has 1 aromatic carbocycles. The Bertz CT molecular complexity index is 960. The zero-order valence-corrected chi connectivity index (χ0v) is 15.3. The highest BCUT2D eigenvalue weighted by molar-refractivity contribution is 5.86. The maximum absolute atomic E-state index is 11.3. The van der Waals surface area contributed by atoms with Gasteiger partial charge in [-0.3, -0.25) is 9.78 Å². The number of pyridine rings is 1. The number of amides is 1. The predicted molar refractivity (Wildman–Crippen MR) is 103 cm³/mol. The molecule has 2 heterocycles. The predicted octanol–water partition coefficient (Wildman–Crippen LogP) is 0.831. The monoisotopic (exact) mass is 388 g/mol. The number of primary amides is 1. The van der Waals surface area contributed by atoms with Gasteiger partial charge in [0.1, 0.15) is 5.82 Å². The molecule has 1 aliphatic rings. The van der Waals surface area contributed by atoms with Crippen LogP contribution in [0.15, 0.2) is 36.5 Å². The first-order chi connectivity index (χ1) is 12.5. The third-order valence-corrected chi connectivity index (χ3v) is 4.79. The van der Waals surface area contributed by atoms with E-state index in [1.807, 2.05) is 30.3 Å². The van der Waals surface area contributed by atoms with E-state index in [1.54, 1.807) is 10.9 Å². The molecule has 8 nitrogen and oxygen atoms in total. The van der Waals surface area contributed by atoms with Crippen LogP contribution in [0.3, 0.4) is 0 Å². The molecule has 1 amide bonds. The quantitative estimate of drug-likeness (QED) is 0.606. The first-order valence-corrected chi connectivity index (χ1v) is 8.55. The molecule has 1 saturated carbocycles. The second-order valence-corrected chi connectivity index (χ2v) is 6.69. The number of benzene rings is 1. The molecule has 0 unspecified atom stereocenters. The Balaban J connectivity index is 0.00000210. The number of aromatic nitrogens is 4. The minimum Gasteiger partial charge on any atom is -0.391 e. The third kappa shape index (κ3) is 3.64. The smallest absolute Gasteiger partial charge is 0.225 e. The Morgan fingerprint density at radius 2 is 2.04 bits per heavy atom. The maximum Gasteiger partial charge on any atom is 0.225 e. The summed E-state index contributed by atoms with van der Waals surface area (Å²) >= 11 is 0. The summed E-state index contributed by atoms with van der Waals surface area (Å²) in [5.74, 6) is 0.489. The topological polar surface area (TPSA) is 133 Å². The van der Waals surface area contributed by atoms with Crippen LogP contribution in [0.1, 0.15) is 30.4 Å². The minimum atomic E-state index is -0.574. The van der Waals surface area contributed by atoms with Gasteiger partial charge in [0, 0.05) is 23.5 Å². The number of aliphatic hydroxyl groups excluding tert-OH is 1. The van der Waals surface area contributed by atoms with Gasteiger partial charge in [0.2, 0.25) is 5.91 Å². The van der Waals surface area contributed by atoms with Crippen molar-refractivity contribution in [2.75, 3.05) is 0 Å². The fourth-order valence-corrected chi connectivity index (χ4v) is 3.56. The molecule has 0 spiro atoms. The lowest BCUT2D eigenvalue weighted by molar-refractivity contribution is -0.117. The average molecular weight is 389 g/mol. The van der Waals surface area contributed by atoms with Crippen molar-refractivity contribution in [3.05, 3.63) is 48.2 Å². The van der Waals surface area contributed by atoms with E-state index in [4.69, 9.17) is 11.5 Å². The van der Waals surface area contributed by atoms with Crippen LogP contribution in [0.5, 0.6) is 0 Å². The molecule has 142 valence electrons. The van der Waals surface area contributed by atoms with E-state index >= 15 is 0 Å². The Labute approximate surface area is 162 Å². The van der Waals surface area contributed by atoms with Crippen LogP contribution in [0, 0.1) is 0 Å². The summed E-state index contributed by atoms with van der Waals surface area (Å²) in [6, 6.07) is 9.36. The average Bonchev–Trinajstić information content (AvgIpc) is 3.17. The van der Waals surface area contributed by atoms with Gasteiger partial charge in [-0.05, 0) is 25.0 Å². The van der Waals surface area contributed by atoms with E-state index in [9.17, 15) is 9.90 Å². The van der Waals surface area contributed by atoms with Crippen molar-refractivity contribution in [3.63, 3.8) is 0 Å². The fourth-order valence-electron chi connectivity index (χ4n) is 3.56. The molecule has 9 heteroatoms. The van der Waals surface area contributed by atoms with Crippen LogP contribution in [-0.2, 0) is 11.2 Å². The summed E-state index contributed by atoms with van der Waals surface area (Å²) in [6.07, 6.45) is 2.22. The van der Waals surface area contributed by atoms with Gasteiger partial charge in [-0.25, -0.2) is 9.67 Å². The SMILES string of the molecule is Cl.NC(=O)Cc1nc([C@H]2C[C@@H](N)[C@H](O)C2)n(-c2cccc3cccnc23)n1. The van der Waals surface area contributed by atoms with E-state index in [0.29, 0.717) is 24.5 Å². The van der Waals surface area contributed by atoms with Gasteiger partial charge in [0.15, 0.2) is 5.82 Å². The lowest BCUT2D eigenvalue weighted by Gasteiger charge is -2.12. The molecule has 2 aromatic heterocycles. The number of hydrogen-bond acceptors (Lipinski definition) is 6. The molecule has 0 radical (unpaired) electrons. The van der Waals surface area contributed by atoms with E-state index in [1.165, 1.54) is 0 Å². The highest BCUT2D eigenvalue weighted by Crippen LogP contribution is 2.34. The van der Waals surface area contributed by atoms with Crippen molar-refractivity contribution in [2.45, 2.75) is 37.3 Å². The third-order valence-electron chi connectivity index (χ3n) is 4.79. The van der Waals surface area contributed by atoms with Crippen molar-refractivity contribution >= 4 is 29.2 Å². The number of nitrogens with zero attached hydrogens (tertiary/aromatic N) is 4. The molecule has 3 atom stereocenters. The Kier molecular flexibility index (Phi) is 5.41. The first-order valence-electron chi connectivity index (χ1n) is 8.55. The Hall–Kier alpha value is -2.55. The lowest BCUT2D eigenvalue weighted by Crippen LogP contribution is -2.28. The van der Waals surface area contributed by atoms with Crippen molar-refractivity contribution in [3.8, 4) is 5.69 Å². The molecule has 0 aliphatic heterocycles. The fraction of sp³-hybridized carbons (Fsp3) is 0.333. The number of carbonyl (C=O) groups excluding carboxylic acids is 1. The molecule has 3 aromatic rings. The zero-order valence-electron chi connectivity index (χ0n) is 14.5. The number of para-hydroxylation sites is 1. The van der Waals surface area contributed by atoms with Gasteiger partial charge in [-0.15, -0.1) is 12.4 Å². The van der Waals surface area contributed by atoms with Crippen molar-refractivity contribution < 1.29 is 9.90 Å². The van der Waals surface area contributed by atoms with Crippen LogP contribution in [0.25, 0.3) is 16.6 Å². The van der Waals surface area contributed by atoms with Crippen LogP contribution in [-0.4, -0.2) is 42.9 Å². The van der Waals surface area contributed by atoms with Gasteiger partial charge in [0.25, 0.3) is 0 Å². The van der Waals surface area contributed by atoms with Gasteiger partial charge >= 0.3 is 0 Å². The van der Waals surface area contributed by atoms with E-state index in [0.717, 1.165) is 16.6 Å². The van der Waals surface area contributed by atoms with Crippen molar-refractivity contribution in [1.29, 1.82) is 0 Å². The summed E-state index contributed by atoms with van der Waals surface area (Å²) in [5.41, 5.74) is 12.9. The van der Waals surface area contributed by atoms with Gasteiger partial charge < -0.3 is 16.6 Å². The minimum absolute atomic E-state index is 0. The maximum atomic E-state index is 11.3. The highest BCUT2D eigenvalue weighted by Gasteiger charge is 2.35. The van der Waals surface area contributed by atoms with E-state index < -0.39 is 12.0 Å². The first kappa shape index (κ1) is 19.2. The Morgan fingerprint density at radius 3 is 2.74 bits per heavy atom. The summed E-state index contributed by atoms with van der Waals surface area (Å²) in [6.45, 7) is 0. The Morgan fingerprint density at radius 1 is 1.26 bits per heavy atom. The molecule has 5 N–H and O–H groups in total. The van der Waals surface area contributed by atoms with Gasteiger partial charge in [-0.1, -0.05) is 18.2 Å². The standard InChI is InChI=1S/C18H20N6O2.ClH/c19-12-7-11(8-14(12)25)18-22-16(9-15(20)26)23-24(18)13-5-1-3-10-4-2-6-21-17(10)13;/h1-6,11-12,14,25H,7-9,19H2,(H2,20,26);1H/t11-,12+,14+;/m0./s1. The molecular formula is C18H21ClN6O2. The number of halogens is 1. The van der Waals surface area contributed by atoms with Crippen LogP contribution >= 0.6 is 12.4 Å². The molecule has 4 rings (SSSR count). The van der Waals surface area contributed by atoms with Crippen LogP contribution < -0.4 is 11.5 Å². The summed E-state index contributed by atoms with van der Waals surface area (Å²) < 4.78 is 1.71. The largest absolute Gasteiger partial charge is 0.391 e. The van der Waals surface area contributed by atoms with Gasteiger partial charge in [-0.2, -0.15) is 5.10 Å². The number of aliphatic hydroxyl groups is 1. The van der Waals surface area contributed by atoms with Gasteiger partial charge in [0.05, 0.1) is 23.7 Å². The number of hydrogen-bond donors (Lipinski definition) is 3. The molecule has 1 fully saturated rings. The van der Waals surface area contributed by atoms with E-state index in [2.05, 4.69) is 15.1 Å².